The summed E-state index contributed by atoms with van der Waals surface area (Å²) in [5.74, 6) is -0.726. The van der Waals surface area contributed by atoms with Crippen LogP contribution >= 0.6 is 0 Å². The van der Waals surface area contributed by atoms with E-state index in [1.807, 2.05) is 0 Å². The minimum absolute atomic E-state index is 0.157. The van der Waals surface area contributed by atoms with Crippen LogP contribution in [0, 0.1) is 16.9 Å². The van der Waals surface area contributed by atoms with Gasteiger partial charge in [0.2, 0.25) is 12.2 Å². The highest BCUT2D eigenvalue weighted by molar-refractivity contribution is 6.32. The van der Waals surface area contributed by atoms with Crippen molar-refractivity contribution in [1.29, 1.82) is 10.7 Å². The quantitative estimate of drug-likeness (QED) is 0.0851. The van der Waals surface area contributed by atoms with Crippen molar-refractivity contribution in [3.63, 3.8) is 0 Å². The summed E-state index contributed by atoms with van der Waals surface area (Å²) in [6, 6.07) is 0. The first-order chi connectivity index (χ1) is 4.57. The van der Waals surface area contributed by atoms with Gasteiger partial charge in [0.1, 0.15) is 0 Å². The van der Waals surface area contributed by atoms with Crippen LogP contribution in [-0.4, -0.2) is 28.4 Å². The van der Waals surface area contributed by atoms with E-state index in [1.54, 1.807) is 0 Å². The number of rotatable bonds is 2. The third-order valence-electron chi connectivity index (χ3n) is 0.509. The fraction of sp³-hybridized carbons (Fsp3) is 0. The molecule has 0 aromatic carbocycles. The maximum Gasteiger partial charge on any atom is 0.657 e. The Morgan fingerprint density at radius 1 is 1.80 bits per heavy atom. The molecule has 54 valence electrons. The van der Waals surface area contributed by atoms with Gasteiger partial charge in [0.25, 0.3) is 0 Å². The van der Waals surface area contributed by atoms with E-state index in [1.165, 1.54) is 6.19 Å². The van der Waals surface area contributed by atoms with Crippen LogP contribution in [0.15, 0.2) is 0 Å². The first kappa shape index (κ1) is 8.70. The van der Waals surface area contributed by atoms with Crippen LogP contribution in [0.3, 0.4) is 0 Å². The average molecular weight is 144 g/mol. The summed E-state index contributed by atoms with van der Waals surface area (Å²) in [6.07, 6.45) is 1.27. The Labute approximate surface area is 56.9 Å². The molecular formula is C2H5BN4O3. The van der Waals surface area contributed by atoms with Gasteiger partial charge in [-0.15, -0.1) is 5.06 Å². The summed E-state index contributed by atoms with van der Waals surface area (Å²) >= 11 is 0. The Morgan fingerprint density at radius 3 is 2.40 bits per heavy atom. The van der Waals surface area contributed by atoms with Gasteiger partial charge < -0.3 is 15.8 Å². The molecule has 0 radical (unpaired) electrons. The second-order valence-corrected chi connectivity index (χ2v) is 1.21. The van der Waals surface area contributed by atoms with E-state index in [0.29, 0.717) is 0 Å². The number of nitrogens with zero attached hydrogens (tertiary/aromatic N) is 2. The lowest BCUT2D eigenvalue weighted by atomic mass is 10.3. The molecule has 0 unspecified atom stereocenters. The molecule has 0 saturated carbocycles. The third kappa shape index (κ3) is 2.88. The summed E-state index contributed by atoms with van der Waals surface area (Å²) in [6.45, 7) is 0. The molecular weight excluding hydrogens is 139 g/mol. The standard InChI is InChI=1S/C2H5BN4O3/c4-1-7(2(5)6)10-3(8)9/h8-9H,(H3,5,6). The van der Waals surface area contributed by atoms with Crippen LogP contribution in [0.2, 0.25) is 0 Å². The summed E-state index contributed by atoms with van der Waals surface area (Å²) in [4.78, 5) is 0. The Hall–Kier alpha value is -1.30. The molecule has 10 heavy (non-hydrogen) atoms. The molecule has 0 spiro atoms. The highest BCUT2D eigenvalue weighted by Gasteiger charge is 2.16. The zero-order valence-corrected chi connectivity index (χ0v) is 4.85. The van der Waals surface area contributed by atoms with Crippen LogP contribution in [0.5, 0.6) is 0 Å². The highest BCUT2D eigenvalue weighted by atomic mass is 16.7. The molecule has 0 amide bonds. The molecule has 0 aromatic heterocycles. The Balaban J connectivity index is 3.88. The normalized spacial score (nSPS) is 8.10. The van der Waals surface area contributed by atoms with Gasteiger partial charge in [-0.25, -0.2) is 0 Å². The first-order valence-corrected chi connectivity index (χ1v) is 2.14. The Morgan fingerprint density at radius 2 is 2.30 bits per heavy atom. The summed E-state index contributed by atoms with van der Waals surface area (Å²) in [5, 5.41) is 31.0. The SMILES string of the molecule is N#CN(OB(O)O)C(=N)N. The van der Waals surface area contributed by atoms with Gasteiger partial charge in [0, 0.05) is 0 Å². The van der Waals surface area contributed by atoms with Crippen LogP contribution in [0.1, 0.15) is 0 Å². The van der Waals surface area contributed by atoms with Gasteiger partial charge in [-0.1, -0.05) is 0 Å². The number of nitriles is 1. The smallest absolute Gasteiger partial charge is 0.400 e. The van der Waals surface area contributed by atoms with E-state index in [-0.39, 0.29) is 5.06 Å². The van der Waals surface area contributed by atoms with E-state index >= 15 is 0 Å². The van der Waals surface area contributed by atoms with Crippen molar-refractivity contribution in [3.05, 3.63) is 0 Å². The number of nitrogens with two attached hydrogens (primary N) is 1. The van der Waals surface area contributed by atoms with Crippen molar-refractivity contribution in [2.45, 2.75) is 0 Å². The fourth-order valence-corrected chi connectivity index (χ4v) is 0.228. The number of guanidine groups is 1. The van der Waals surface area contributed by atoms with Gasteiger partial charge in [-0.05, 0) is 0 Å². The predicted octanol–water partition coefficient (Wildman–Crippen LogP) is -2.44. The number of hydroxylamine groups is 2. The largest absolute Gasteiger partial charge is 0.657 e. The molecule has 0 aliphatic rings. The van der Waals surface area contributed by atoms with Crippen molar-refractivity contribution in [1.82, 2.24) is 5.06 Å². The van der Waals surface area contributed by atoms with Crippen LogP contribution in [0.4, 0.5) is 0 Å². The second kappa shape index (κ2) is 3.68. The second-order valence-electron chi connectivity index (χ2n) is 1.21. The van der Waals surface area contributed by atoms with Gasteiger partial charge in [-0.3, -0.25) is 10.2 Å². The highest BCUT2D eigenvalue weighted by Crippen LogP contribution is 1.85. The van der Waals surface area contributed by atoms with Crippen LogP contribution in [-0.2, 0) is 4.76 Å². The van der Waals surface area contributed by atoms with E-state index in [4.69, 9.17) is 26.5 Å². The van der Waals surface area contributed by atoms with Crippen LogP contribution < -0.4 is 5.73 Å². The van der Waals surface area contributed by atoms with Crippen molar-refractivity contribution >= 4 is 13.3 Å². The summed E-state index contributed by atoms with van der Waals surface area (Å²) in [7, 11) is -2.15. The van der Waals surface area contributed by atoms with Crippen molar-refractivity contribution in [2.24, 2.45) is 5.73 Å². The zero-order valence-electron chi connectivity index (χ0n) is 4.85. The van der Waals surface area contributed by atoms with Gasteiger partial charge >= 0.3 is 7.32 Å². The van der Waals surface area contributed by atoms with E-state index in [2.05, 4.69) is 4.76 Å². The minimum Gasteiger partial charge on any atom is -0.400 e. The van der Waals surface area contributed by atoms with Crippen molar-refractivity contribution in [2.75, 3.05) is 0 Å². The molecule has 0 atom stereocenters. The van der Waals surface area contributed by atoms with E-state index < -0.39 is 13.3 Å². The lowest BCUT2D eigenvalue weighted by Crippen LogP contribution is -2.37. The van der Waals surface area contributed by atoms with E-state index in [0.717, 1.165) is 0 Å². The lowest BCUT2D eigenvalue weighted by molar-refractivity contribution is 0.0183. The molecule has 0 rings (SSSR count). The summed E-state index contributed by atoms with van der Waals surface area (Å²) in [5.41, 5.74) is 4.73. The van der Waals surface area contributed by atoms with Gasteiger partial charge in [0.05, 0.1) is 0 Å². The molecule has 0 aromatic rings. The topological polar surface area (TPSA) is 127 Å². The molecule has 8 heteroatoms. The van der Waals surface area contributed by atoms with Gasteiger partial charge in [-0.2, -0.15) is 5.26 Å². The lowest BCUT2D eigenvalue weighted by Gasteiger charge is -2.10. The van der Waals surface area contributed by atoms with E-state index in [9.17, 15) is 0 Å². The average Bonchev–Trinajstić information content (AvgIpc) is 1.81. The minimum atomic E-state index is -2.15. The molecule has 0 aliphatic carbocycles. The molecule has 0 aliphatic heterocycles. The fourth-order valence-electron chi connectivity index (χ4n) is 0.228. The molecule has 5 N–H and O–H groups in total. The Bertz CT molecular complexity index is 164. The molecule has 7 nitrogen and oxygen atoms in total. The third-order valence-corrected chi connectivity index (χ3v) is 0.509. The summed E-state index contributed by atoms with van der Waals surface area (Å²) < 4.78 is 3.89. The molecule has 0 saturated heterocycles. The van der Waals surface area contributed by atoms with Crippen molar-refractivity contribution in [3.8, 4) is 6.19 Å². The monoisotopic (exact) mass is 144 g/mol. The first-order valence-electron chi connectivity index (χ1n) is 2.14. The number of nitrogens with one attached hydrogen (secondary N) is 1. The maximum atomic E-state index is 8.09. The van der Waals surface area contributed by atoms with Crippen LogP contribution in [0.25, 0.3) is 0 Å². The van der Waals surface area contributed by atoms with Crippen molar-refractivity contribution < 1.29 is 14.8 Å². The predicted molar refractivity (Wildman–Crippen MR) is 30.6 cm³/mol. The number of hydrogen-bond acceptors (Lipinski definition) is 5. The Kier molecular flexibility index (Phi) is 3.20. The molecule has 0 heterocycles. The molecule has 0 bridgehead atoms. The molecule has 0 fully saturated rings. The zero-order chi connectivity index (χ0) is 8.15. The van der Waals surface area contributed by atoms with Gasteiger partial charge in [0.15, 0.2) is 0 Å². The number of hydrogen-bond donors (Lipinski definition) is 4. The maximum absolute atomic E-state index is 8.09.